The van der Waals surface area contributed by atoms with Gasteiger partial charge in [-0.15, -0.1) is 0 Å². The van der Waals surface area contributed by atoms with Gasteiger partial charge in [-0.2, -0.15) is 10.1 Å². The van der Waals surface area contributed by atoms with E-state index in [1.807, 2.05) is 18.2 Å². The van der Waals surface area contributed by atoms with Gasteiger partial charge in [-0.25, -0.2) is 4.68 Å². The molecule has 3 rings (SSSR count). The average molecular weight is 243 g/mol. The zero-order valence-electron chi connectivity index (χ0n) is 9.97. The third-order valence-corrected chi connectivity index (χ3v) is 3.01. The first-order valence-corrected chi connectivity index (χ1v) is 5.76. The van der Waals surface area contributed by atoms with Crippen molar-refractivity contribution in [2.45, 2.75) is 6.42 Å². The van der Waals surface area contributed by atoms with E-state index >= 15 is 0 Å². The van der Waals surface area contributed by atoms with Gasteiger partial charge in [0.25, 0.3) is 5.91 Å². The number of fused-ring (bicyclic) bond motifs is 1. The summed E-state index contributed by atoms with van der Waals surface area (Å²) in [6, 6.07) is 5.66. The SMILES string of the molecule is Cn1ncnc1NC(=O)c1ccc2c(c1)CCN2. The summed E-state index contributed by atoms with van der Waals surface area (Å²) in [4.78, 5) is 16.0. The summed E-state index contributed by atoms with van der Waals surface area (Å²) in [5.41, 5.74) is 2.94. The summed E-state index contributed by atoms with van der Waals surface area (Å²) < 4.78 is 1.52. The molecule has 1 aliphatic heterocycles. The number of aryl methyl sites for hydroxylation is 1. The van der Waals surface area contributed by atoms with Gasteiger partial charge in [0, 0.05) is 24.8 Å². The Morgan fingerprint density at radius 2 is 2.39 bits per heavy atom. The molecule has 1 aliphatic rings. The van der Waals surface area contributed by atoms with Gasteiger partial charge in [-0.1, -0.05) is 0 Å². The molecule has 2 N–H and O–H groups in total. The first-order valence-electron chi connectivity index (χ1n) is 5.76. The summed E-state index contributed by atoms with van der Waals surface area (Å²) >= 11 is 0. The molecule has 6 heteroatoms. The number of rotatable bonds is 2. The van der Waals surface area contributed by atoms with Crippen LogP contribution in [0.25, 0.3) is 0 Å². The van der Waals surface area contributed by atoms with Crippen LogP contribution in [-0.4, -0.2) is 27.2 Å². The van der Waals surface area contributed by atoms with Crippen molar-refractivity contribution in [2.24, 2.45) is 7.05 Å². The maximum Gasteiger partial charge on any atom is 0.258 e. The number of nitrogens with one attached hydrogen (secondary N) is 2. The van der Waals surface area contributed by atoms with Crippen molar-refractivity contribution in [3.8, 4) is 0 Å². The highest BCUT2D eigenvalue weighted by Gasteiger charge is 2.14. The van der Waals surface area contributed by atoms with Crippen molar-refractivity contribution in [1.29, 1.82) is 0 Å². The zero-order valence-corrected chi connectivity index (χ0v) is 9.97. The van der Waals surface area contributed by atoms with Gasteiger partial charge in [-0.3, -0.25) is 10.1 Å². The van der Waals surface area contributed by atoms with Crippen molar-refractivity contribution in [3.05, 3.63) is 35.7 Å². The molecular formula is C12H13N5O. The van der Waals surface area contributed by atoms with Crippen LogP contribution in [0.3, 0.4) is 0 Å². The van der Waals surface area contributed by atoms with E-state index in [1.54, 1.807) is 7.05 Å². The lowest BCUT2D eigenvalue weighted by molar-refractivity contribution is 0.102. The van der Waals surface area contributed by atoms with Gasteiger partial charge in [0.1, 0.15) is 6.33 Å². The molecule has 1 aromatic carbocycles. The standard InChI is InChI=1S/C12H13N5O/c1-17-12(14-7-15-17)16-11(18)9-2-3-10-8(6-9)4-5-13-10/h2-3,6-7,13H,4-5H2,1H3,(H,14,15,16,18). The Morgan fingerprint density at radius 3 is 3.17 bits per heavy atom. The van der Waals surface area contributed by atoms with Crippen molar-refractivity contribution in [3.63, 3.8) is 0 Å². The molecular weight excluding hydrogens is 230 g/mol. The Morgan fingerprint density at radius 1 is 1.50 bits per heavy atom. The predicted octanol–water partition coefficient (Wildman–Crippen LogP) is 1.04. The second-order valence-corrected chi connectivity index (χ2v) is 4.21. The van der Waals surface area contributed by atoms with Crippen molar-refractivity contribution in [1.82, 2.24) is 14.8 Å². The molecule has 2 heterocycles. The molecule has 0 saturated heterocycles. The van der Waals surface area contributed by atoms with E-state index in [0.29, 0.717) is 11.5 Å². The molecule has 2 aromatic rings. The topological polar surface area (TPSA) is 71.8 Å². The van der Waals surface area contributed by atoms with Crippen LogP contribution >= 0.6 is 0 Å². The smallest absolute Gasteiger partial charge is 0.258 e. The highest BCUT2D eigenvalue weighted by molar-refractivity contribution is 6.03. The molecule has 1 amide bonds. The minimum Gasteiger partial charge on any atom is -0.384 e. The predicted molar refractivity (Wildman–Crippen MR) is 67.6 cm³/mol. The Bertz CT molecular complexity index is 604. The number of carbonyl (C=O) groups excluding carboxylic acids is 1. The monoisotopic (exact) mass is 243 g/mol. The number of aromatic nitrogens is 3. The summed E-state index contributed by atoms with van der Waals surface area (Å²) in [6.45, 7) is 0.934. The summed E-state index contributed by atoms with van der Waals surface area (Å²) in [7, 11) is 1.73. The van der Waals surface area contributed by atoms with Crippen LogP contribution in [0.1, 0.15) is 15.9 Å². The molecule has 0 bridgehead atoms. The first-order chi connectivity index (χ1) is 8.74. The van der Waals surface area contributed by atoms with Crippen LogP contribution in [0.2, 0.25) is 0 Å². The molecule has 0 spiro atoms. The fraction of sp³-hybridized carbons (Fsp3) is 0.250. The van der Waals surface area contributed by atoms with E-state index in [1.165, 1.54) is 16.6 Å². The number of benzene rings is 1. The van der Waals surface area contributed by atoms with E-state index in [0.717, 1.165) is 18.7 Å². The van der Waals surface area contributed by atoms with Gasteiger partial charge in [-0.05, 0) is 30.2 Å². The van der Waals surface area contributed by atoms with E-state index in [9.17, 15) is 4.79 Å². The minimum absolute atomic E-state index is 0.166. The summed E-state index contributed by atoms with van der Waals surface area (Å²) in [5.74, 6) is 0.277. The number of hydrogen-bond acceptors (Lipinski definition) is 4. The average Bonchev–Trinajstić information content (AvgIpc) is 2.98. The molecule has 6 nitrogen and oxygen atoms in total. The molecule has 1 aromatic heterocycles. The first kappa shape index (κ1) is 10.8. The number of carbonyl (C=O) groups is 1. The quantitative estimate of drug-likeness (QED) is 0.826. The van der Waals surface area contributed by atoms with Gasteiger partial charge in [0.15, 0.2) is 0 Å². The number of amides is 1. The molecule has 18 heavy (non-hydrogen) atoms. The van der Waals surface area contributed by atoms with Crippen LogP contribution in [-0.2, 0) is 13.5 Å². The highest BCUT2D eigenvalue weighted by atomic mass is 16.1. The van der Waals surface area contributed by atoms with Crippen LogP contribution in [0.15, 0.2) is 24.5 Å². The third kappa shape index (κ3) is 1.81. The van der Waals surface area contributed by atoms with Crippen LogP contribution in [0.5, 0.6) is 0 Å². The lowest BCUT2D eigenvalue weighted by Crippen LogP contribution is -2.15. The molecule has 0 aliphatic carbocycles. The summed E-state index contributed by atoms with van der Waals surface area (Å²) in [6.07, 6.45) is 2.36. The maximum absolute atomic E-state index is 12.1. The highest BCUT2D eigenvalue weighted by Crippen LogP contribution is 2.23. The van der Waals surface area contributed by atoms with E-state index < -0.39 is 0 Å². The largest absolute Gasteiger partial charge is 0.384 e. The molecule has 0 saturated carbocycles. The van der Waals surface area contributed by atoms with Gasteiger partial charge < -0.3 is 5.32 Å². The number of anilines is 2. The second kappa shape index (κ2) is 4.14. The lowest BCUT2D eigenvalue weighted by Gasteiger charge is -2.05. The molecule has 0 unspecified atom stereocenters. The second-order valence-electron chi connectivity index (χ2n) is 4.21. The molecule has 92 valence electrons. The number of nitrogens with zero attached hydrogens (tertiary/aromatic N) is 3. The van der Waals surface area contributed by atoms with Gasteiger partial charge >= 0.3 is 0 Å². The maximum atomic E-state index is 12.1. The van der Waals surface area contributed by atoms with Crippen molar-refractivity contribution >= 4 is 17.5 Å². The fourth-order valence-electron chi connectivity index (χ4n) is 2.03. The summed E-state index contributed by atoms with van der Waals surface area (Å²) in [5, 5.41) is 9.89. The normalized spacial score (nSPS) is 12.9. The Kier molecular flexibility index (Phi) is 2.47. The van der Waals surface area contributed by atoms with Gasteiger partial charge in [0.05, 0.1) is 0 Å². The van der Waals surface area contributed by atoms with Gasteiger partial charge in [0.2, 0.25) is 5.95 Å². The lowest BCUT2D eigenvalue weighted by atomic mass is 10.1. The molecule has 0 radical (unpaired) electrons. The fourth-order valence-corrected chi connectivity index (χ4v) is 2.03. The van der Waals surface area contributed by atoms with E-state index in [-0.39, 0.29) is 5.91 Å². The Balaban J connectivity index is 1.83. The van der Waals surface area contributed by atoms with Crippen molar-refractivity contribution in [2.75, 3.05) is 17.2 Å². The zero-order chi connectivity index (χ0) is 12.5. The van der Waals surface area contributed by atoms with E-state index in [4.69, 9.17) is 0 Å². The van der Waals surface area contributed by atoms with Crippen molar-refractivity contribution < 1.29 is 4.79 Å². The Labute approximate surface area is 104 Å². The molecule has 0 atom stereocenters. The minimum atomic E-state index is -0.166. The van der Waals surface area contributed by atoms with Crippen LogP contribution in [0, 0.1) is 0 Å². The molecule has 0 fully saturated rings. The van der Waals surface area contributed by atoms with Crippen LogP contribution < -0.4 is 10.6 Å². The third-order valence-electron chi connectivity index (χ3n) is 3.01. The van der Waals surface area contributed by atoms with Crippen LogP contribution in [0.4, 0.5) is 11.6 Å². The Hall–Kier alpha value is -2.37. The number of hydrogen-bond donors (Lipinski definition) is 2. The van der Waals surface area contributed by atoms with E-state index in [2.05, 4.69) is 20.7 Å².